The van der Waals surface area contributed by atoms with E-state index >= 15 is 0 Å². The minimum Gasteiger partial charge on any atom is -0.339 e. The zero-order valence-corrected chi connectivity index (χ0v) is 11.8. The van der Waals surface area contributed by atoms with Gasteiger partial charge in [-0.3, -0.25) is 4.98 Å². The van der Waals surface area contributed by atoms with E-state index in [-0.39, 0.29) is 5.54 Å². The molecule has 2 aromatic heterocycles. The normalized spacial score (nSPS) is 18.1. The molecule has 1 aliphatic rings. The first kappa shape index (κ1) is 13.2. The van der Waals surface area contributed by atoms with Gasteiger partial charge in [0, 0.05) is 18.2 Å². The van der Waals surface area contributed by atoms with E-state index in [1.165, 1.54) is 19.3 Å². The summed E-state index contributed by atoms with van der Waals surface area (Å²) in [6.45, 7) is 2.02. The second-order valence-electron chi connectivity index (χ2n) is 5.83. The molecule has 0 radical (unpaired) electrons. The lowest BCUT2D eigenvalue weighted by atomic mass is 9.80. The Kier molecular flexibility index (Phi) is 3.53. The van der Waals surface area contributed by atoms with Crippen molar-refractivity contribution in [3.8, 4) is 11.5 Å². The predicted octanol–water partition coefficient (Wildman–Crippen LogP) is 2.64. The number of aryl methyl sites for hydroxylation is 1. The fourth-order valence-electron chi connectivity index (χ4n) is 2.82. The molecule has 0 aliphatic heterocycles. The second kappa shape index (κ2) is 5.32. The molecule has 1 fully saturated rings. The van der Waals surface area contributed by atoms with E-state index in [9.17, 15) is 0 Å². The zero-order chi connectivity index (χ0) is 14.0. The van der Waals surface area contributed by atoms with Gasteiger partial charge in [-0.2, -0.15) is 4.98 Å². The summed E-state index contributed by atoms with van der Waals surface area (Å²) in [6, 6.07) is 3.90. The van der Waals surface area contributed by atoms with Crippen molar-refractivity contribution in [1.29, 1.82) is 0 Å². The van der Waals surface area contributed by atoms with Crippen LogP contribution < -0.4 is 5.73 Å². The maximum atomic E-state index is 6.42. The van der Waals surface area contributed by atoms with Crippen molar-refractivity contribution in [1.82, 2.24) is 15.1 Å². The van der Waals surface area contributed by atoms with Crippen LogP contribution in [-0.2, 0) is 6.42 Å². The smallest absolute Gasteiger partial charge is 0.228 e. The SMILES string of the molecule is Cc1ccnc(-c2noc(CC3(N)CCCCC3)n2)c1. The summed E-state index contributed by atoms with van der Waals surface area (Å²) in [5, 5.41) is 4.02. The molecule has 0 atom stereocenters. The highest BCUT2D eigenvalue weighted by Crippen LogP contribution is 2.29. The van der Waals surface area contributed by atoms with Crippen LogP contribution in [0.4, 0.5) is 0 Å². The molecule has 20 heavy (non-hydrogen) atoms. The lowest BCUT2D eigenvalue weighted by Crippen LogP contribution is -2.43. The van der Waals surface area contributed by atoms with Gasteiger partial charge in [0.15, 0.2) is 0 Å². The molecule has 0 unspecified atom stereocenters. The monoisotopic (exact) mass is 272 g/mol. The Labute approximate surface area is 118 Å². The van der Waals surface area contributed by atoms with E-state index in [0.717, 1.165) is 24.1 Å². The van der Waals surface area contributed by atoms with Crippen molar-refractivity contribution >= 4 is 0 Å². The van der Waals surface area contributed by atoms with Gasteiger partial charge < -0.3 is 10.3 Å². The van der Waals surface area contributed by atoms with Crippen molar-refractivity contribution in [3.63, 3.8) is 0 Å². The fraction of sp³-hybridized carbons (Fsp3) is 0.533. The van der Waals surface area contributed by atoms with Crippen LogP contribution in [0.5, 0.6) is 0 Å². The highest BCUT2D eigenvalue weighted by molar-refractivity contribution is 5.48. The Hall–Kier alpha value is -1.75. The third kappa shape index (κ3) is 2.88. The van der Waals surface area contributed by atoms with Crippen molar-refractivity contribution < 1.29 is 4.52 Å². The molecule has 106 valence electrons. The van der Waals surface area contributed by atoms with E-state index < -0.39 is 0 Å². The number of rotatable bonds is 3. The zero-order valence-electron chi connectivity index (χ0n) is 11.8. The number of hydrogen-bond donors (Lipinski definition) is 1. The van der Waals surface area contributed by atoms with Gasteiger partial charge in [-0.1, -0.05) is 24.4 Å². The van der Waals surface area contributed by atoms with Crippen LogP contribution in [0.2, 0.25) is 0 Å². The molecule has 1 aliphatic carbocycles. The van der Waals surface area contributed by atoms with Crippen molar-refractivity contribution in [2.45, 2.75) is 51.0 Å². The Morgan fingerprint density at radius 2 is 2.10 bits per heavy atom. The molecular weight excluding hydrogens is 252 g/mol. The molecule has 2 aromatic rings. The van der Waals surface area contributed by atoms with Crippen LogP contribution in [0.15, 0.2) is 22.9 Å². The quantitative estimate of drug-likeness (QED) is 0.929. The van der Waals surface area contributed by atoms with Crippen molar-refractivity contribution in [3.05, 3.63) is 29.8 Å². The first-order valence-electron chi connectivity index (χ1n) is 7.19. The van der Waals surface area contributed by atoms with Crippen LogP contribution in [-0.4, -0.2) is 20.7 Å². The molecule has 0 bridgehead atoms. The maximum absolute atomic E-state index is 6.42. The van der Waals surface area contributed by atoms with Crippen molar-refractivity contribution in [2.75, 3.05) is 0 Å². The lowest BCUT2D eigenvalue weighted by molar-refractivity contribution is 0.261. The summed E-state index contributed by atoms with van der Waals surface area (Å²) in [5.41, 5.74) is 8.12. The van der Waals surface area contributed by atoms with Crippen LogP contribution in [0.25, 0.3) is 11.5 Å². The molecule has 0 saturated heterocycles. The number of nitrogens with zero attached hydrogens (tertiary/aromatic N) is 3. The Bertz CT molecular complexity index is 587. The molecule has 0 aromatic carbocycles. The number of hydrogen-bond acceptors (Lipinski definition) is 5. The molecular formula is C15H20N4O. The fourth-order valence-corrected chi connectivity index (χ4v) is 2.82. The van der Waals surface area contributed by atoms with Gasteiger partial charge in [-0.15, -0.1) is 0 Å². The van der Waals surface area contributed by atoms with Gasteiger partial charge in [-0.05, 0) is 37.5 Å². The summed E-state index contributed by atoms with van der Waals surface area (Å²) < 4.78 is 5.35. The Morgan fingerprint density at radius 3 is 2.85 bits per heavy atom. The molecule has 0 amide bonds. The standard InChI is InChI=1S/C15H20N4O/c1-11-5-8-17-12(9-11)14-18-13(20-19-14)10-15(16)6-3-2-4-7-15/h5,8-9H,2-4,6-7,10,16H2,1H3. The summed E-state index contributed by atoms with van der Waals surface area (Å²) in [5.74, 6) is 1.16. The second-order valence-corrected chi connectivity index (χ2v) is 5.83. The Morgan fingerprint density at radius 1 is 1.30 bits per heavy atom. The summed E-state index contributed by atoms with van der Waals surface area (Å²) in [7, 11) is 0. The number of nitrogens with two attached hydrogens (primary N) is 1. The highest BCUT2D eigenvalue weighted by atomic mass is 16.5. The summed E-state index contributed by atoms with van der Waals surface area (Å²) in [6.07, 6.45) is 8.15. The average Bonchev–Trinajstić information content (AvgIpc) is 2.87. The van der Waals surface area contributed by atoms with E-state index in [1.807, 2.05) is 19.1 Å². The molecule has 2 heterocycles. The predicted molar refractivity (Wildman–Crippen MR) is 76.0 cm³/mol. The molecule has 5 nitrogen and oxygen atoms in total. The summed E-state index contributed by atoms with van der Waals surface area (Å²) in [4.78, 5) is 8.71. The van der Waals surface area contributed by atoms with Crippen LogP contribution in [0.1, 0.15) is 43.6 Å². The van der Waals surface area contributed by atoms with E-state index in [1.54, 1.807) is 6.20 Å². The van der Waals surface area contributed by atoms with Crippen molar-refractivity contribution in [2.24, 2.45) is 5.73 Å². The maximum Gasteiger partial charge on any atom is 0.228 e. The largest absolute Gasteiger partial charge is 0.339 e. The third-order valence-corrected chi connectivity index (χ3v) is 3.97. The third-order valence-electron chi connectivity index (χ3n) is 3.97. The van der Waals surface area contributed by atoms with Gasteiger partial charge in [0.2, 0.25) is 11.7 Å². The van der Waals surface area contributed by atoms with Crippen LogP contribution in [0.3, 0.4) is 0 Å². The molecule has 2 N–H and O–H groups in total. The van der Waals surface area contributed by atoms with Gasteiger partial charge >= 0.3 is 0 Å². The summed E-state index contributed by atoms with van der Waals surface area (Å²) >= 11 is 0. The topological polar surface area (TPSA) is 77.8 Å². The van der Waals surface area contributed by atoms with Crippen LogP contribution in [0, 0.1) is 6.92 Å². The first-order valence-corrected chi connectivity index (χ1v) is 7.19. The number of aromatic nitrogens is 3. The Balaban J connectivity index is 1.77. The van der Waals surface area contributed by atoms with Gasteiger partial charge in [0.25, 0.3) is 0 Å². The lowest BCUT2D eigenvalue weighted by Gasteiger charge is -2.31. The van der Waals surface area contributed by atoms with E-state index in [0.29, 0.717) is 18.1 Å². The van der Waals surface area contributed by atoms with E-state index in [2.05, 4.69) is 15.1 Å². The van der Waals surface area contributed by atoms with Gasteiger partial charge in [-0.25, -0.2) is 0 Å². The molecule has 5 heteroatoms. The average molecular weight is 272 g/mol. The minimum atomic E-state index is -0.178. The molecule has 1 saturated carbocycles. The van der Waals surface area contributed by atoms with Gasteiger partial charge in [0.1, 0.15) is 5.69 Å². The number of pyridine rings is 1. The van der Waals surface area contributed by atoms with E-state index in [4.69, 9.17) is 10.3 Å². The van der Waals surface area contributed by atoms with Crippen LogP contribution >= 0.6 is 0 Å². The van der Waals surface area contributed by atoms with Gasteiger partial charge in [0.05, 0.1) is 0 Å². The first-order chi connectivity index (χ1) is 9.65. The highest BCUT2D eigenvalue weighted by Gasteiger charge is 2.30. The molecule has 3 rings (SSSR count). The molecule has 0 spiro atoms. The minimum absolute atomic E-state index is 0.178.